The highest BCUT2D eigenvalue weighted by atomic mass is 16.6. The van der Waals surface area contributed by atoms with Crippen molar-refractivity contribution < 1.29 is 66.4 Å². The molecule has 0 saturated heterocycles. The molecule has 0 aromatic rings. The fraction of sp³-hybridized carbons (Fsp3) is 0.968. The van der Waals surface area contributed by atoms with Crippen LogP contribution in [0.1, 0.15) is 33.6 Å². The summed E-state index contributed by atoms with van der Waals surface area (Å²) in [5.41, 5.74) is 0. The first-order valence-corrected chi connectivity index (χ1v) is 16.3. The van der Waals surface area contributed by atoms with Gasteiger partial charge in [0.1, 0.15) is 6.61 Å². The highest BCUT2D eigenvalue weighted by molar-refractivity contribution is 5.69. The van der Waals surface area contributed by atoms with Crippen LogP contribution in [-0.4, -0.2) is 171 Å². The van der Waals surface area contributed by atoms with Gasteiger partial charge in [-0.3, -0.25) is 4.79 Å². The quantitative estimate of drug-likeness (QED) is 0.0703. The van der Waals surface area contributed by atoms with Crippen LogP contribution in [0.5, 0.6) is 0 Å². The van der Waals surface area contributed by atoms with Gasteiger partial charge >= 0.3 is 5.97 Å². The highest BCUT2D eigenvalue weighted by Gasteiger charge is 2.00. The van der Waals surface area contributed by atoms with E-state index in [1.165, 1.54) is 0 Å². The van der Waals surface area contributed by atoms with Gasteiger partial charge < -0.3 is 61.6 Å². The Labute approximate surface area is 270 Å². The number of rotatable bonds is 39. The summed E-state index contributed by atoms with van der Waals surface area (Å²) in [6.07, 6.45) is 1.46. The molecule has 0 aliphatic carbocycles. The maximum atomic E-state index is 11.2. The van der Waals surface area contributed by atoms with E-state index in [0.29, 0.717) is 158 Å². The number of hydrogen-bond donors (Lipinski definition) is 0. The zero-order valence-electron chi connectivity index (χ0n) is 28.2. The minimum Gasteiger partial charge on any atom is -0.463 e. The molecule has 0 aromatic heterocycles. The van der Waals surface area contributed by atoms with Crippen molar-refractivity contribution in [2.24, 2.45) is 0 Å². The number of esters is 1. The normalized spacial score (nSPS) is 11.6. The number of hydrogen-bond acceptors (Lipinski definition) is 14. The van der Waals surface area contributed by atoms with E-state index >= 15 is 0 Å². The number of ether oxygens (including phenoxy) is 13. The lowest BCUT2D eigenvalue weighted by molar-refractivity contribution is -0.145. The maximum absolute atomic E-state index is 11.2. The van der Waals surface area contributed by atoms with Gasteiger partial charge in [0.05, 0.1) is 158 Å². The summed E-state index contributed by atoms with van der Waals surface area (Å²) < 4.78 is 70.2. The van der Waals surface area contributed by atoms with Crippen LogP contribution in [0.4, 0.5) is 0 Å². The molecule has 14 nitrogen and oxygen atoms in total. The monoisotopic (exact) mass is 658 g/mol. The predicted octanol–water partition coefficient (Wildman–Crippen LogP) is 1.94. The Morgan fingerprint density at radius 2 is 0.600 bits per heavy atom. The Kier molecular flexibility index (Phi) is 38.3. The van der Waals surface area contributed by atoms with Crippen LogP contribution < -0.4 is 0 Å². The number of carbonyl (C=O) groups is 1. The molecule has 0 spiro atoms. The molecule has 0 aliphatic rings. The Morgan fingerprint density at radius 3 is 0.822 bits per heavy atom. The van der Waals surface area contributed by atoms with Crippen molar-refractivity contribution in [2.75, 3.05) is 159 Å². The van der Waals surface area contributed by atoms with Gasteiger partial charge in [0.15, 0.2) is 0 Å². The molecule has 0 radical (unpaired) electrons. The SMILES string of the molecule is CCCC(=O)OCCOCCOCCOCCOCCOCCOCCOCCOCCOCCOCCOCCOC(C)C. The van der Waals surface area contributed by atoms with Gasteiger partial charge in [-0.05, 0) is 20.3 Å². The zero-order chi connectivity index (χ0) is 32.7. The lowest BCUT2D eigenvalue weighted by Gasteiger charge is -2.09. The van der Waals surface area contributed by atoms with E-state index in [4.69, 9.17) is 61.6 Å². The zero-order valence-corrected chi connectivity index (χ0v) is 28.2. The molecule has 0 aliphatic heterocycles. The van der Waals surface area contributed by atoms with Gasteiger partial charge in [0.2, 0.25) is 0 Å². The lowest BCUT2D eigenvalue weighted by Crippen LogP contribution is -2.16. The first-order chi connectivity index (χ1) is 22.2. The summed E-state index contributed by atoms with van der Waals surface area (Å²) in [6.45, 7) is 17.9. The maximum Gasteiger partial charge on any atom is 0.305 e. The van der Waals surface area contributed by atoms with Crippen molar-refractivity contribution in [3.63, 3.8) is 0 Å². The molecule has 0 saturated carbocycles. The molecule has 0 atom stereocenters. The topological polar surface area (TPSA) is 137 Å². The van der Waals surface area contributed by atoms with Crippen LogP contribution in [0.15, 0.2) is 0 Å². The summed E-state index contributed by atoms with van der Waals surface area (Å²) >= 11 is 0. The second kappa shape index (κ2) is 39.2. The van der Waals surface area contributed by atoms with Crippen molar-refractivity contribution in [2.45, 2.75) is 39.7 Å². The fourth-order valence-corrected chi connectivity index (χ4v) is 3.13. The lowest BCUT2D eigenvalue weighted by atomic mass is 10.3. The largest absolute Gasteiger partial charge is 0.463 e. The molecule has 0 N–H and O–H groups in total. The van der Waals surface area contributed by atoms with E-state index in [1.54, 1.807) is 0 Å². The molecule has 0 fully saturated rings. The second-order valence-corrected chi connectivity index (χ2v) is 9.63. The number of carbonyl (C=O) groups excluding carboxylic acids is 1. The molecule has 0 rings (SSSR count). The van der Waals surface area contributed by atoms with Gasteiger partial charge in [-0.2, -0.15) is 0 Å². The van der Waals surface area contributed by atoms with Gasteiger partial charge in [-0.25, -0.2) is 0 Å². The minimum absolute atomic E-state index is 0.188. The summed E-state index contributed by atoms with van der Waals surface area (Å²) in [7, 11) is 0. The molecular weight excluding hydrogens is 596 g/mol. The Hall–Kier alpha value is -1.01. The molecule has 0 unspecified atom stereocenters. The smallest absolute Gasteiger partial charge is 0.305 e. The molecule has 270 valence electrons. The average molecular weight is 659 g/mol. The van der Waals surface area contributed by atoms with Gasteiger partial charge in [-0.1, -0.05) is 6.92 Å². The van der Waals surface area contributed by atoms with E-state index in [1.807, 2.05) is 20.8 Å². The molecule has 0 bridgehead atoms. The fourth-order valence-electron chi connectivity index (χ4n) is 3.13. The summed E-state index contributed by atoms with van der Waals surface area (Å²) in [6, 6.07) is 0. The van der Waals surface area contributed by atoms with Crippen LogP contribution in [0.3, 0.4) is 0 Å². The van der Waals surface area contributed by atoms with Crippen molar-refractivity contribution in [1.29, 1.82) is 0 Å². The second-order valence-electron chi connectivity index (χ2n) is 9.63. The standard InChI is InChI=1S/C31H62O14/c1-4-5-31(32)45-29-27-43-25-23-41-21-19-39-17-15-37-13-11-35-9-7-33-6-8-34-10-12-36-14-16-38-18-20-40-22-24-42-26-28-44-30(2)3/h30H,4-29H2,1-3H3. The third-order valence-electron chi connectivity index (χ3n) is 5.34. The van der Waals surface area contributed by atoms with Gasteiger partial charge in [0, 0.05) is 6.42 Å². The van der Waals surface area contributed by atoms with Crippen molar-refractivity contribution in [3.05, 3.63) is 0 Å². The molecule has 0 aromatic carbocycles. The molecule has 14 heteroatoms. The van der Waals surface area contributed by atoms with Crippen LogP contribution in [0.25, 0.3) is 0 Å². The Bertz CT molecular complexity index is 570. The first-order valence-electron chi connectivity index (χ1n) is 16.3. The minimum atomic E-state index is -0.188. The predicted molar refractivity (Wildman–Crippen MR) is 166 cm³/mol. The van der Waals surface area contributed by atoms with Gasteiger partial charge in [-0.15, -0.1) is 0 Å². The van der Waals surface area contributed by atoms with Crippen LogP contribution in [0, 0.1) is 0 Å². The van der Waals surface area contributed by atoms with E-state index in [0.717, 1.165) is 6.42 Å². The van der Waals surface area contributed by atoms with E-state index in [-0.39, 0.29) is 18.7 Å². The molecule has 0 amide bonds. The first kappa shape index (κ1) is 44.0. The van der Waals surface area contributed by atoms with Gasteiger partial charge in [0.25, 0.3) is 0 Å². The van der Waals surface area contributed by atoms with Crippen molar-refractivity contribution >= 4 is 5.97 Å². The van der Waals surface area contributed by atoms with Crippen LogP contribution in [-0.2, 0) is 66.4 Å². The third kappa shape index (κ3) is 41.0. The third-order valence-corrected chi connectivity index (χ3v) is 5.34. The average Bonchev–Trinajstić information content (AvgIpc) is 3.02. The van der Waals surface area contributed by atoms with Crippen LogP contribution >= 0.6 is 0 Å². The highest BCUT2D eigenvalue weighted by Crippen LogP contribution is 1.92. The van der Waals surface area contributed by atoms with Crippen molar-refractivity contribution in [3.8, 4) is 0 Å². The summed E-state index contributed by atoms with van der Waals surface area (Å²) in [4.78, 5) is 11.2. The van der Waals surface area contributed by atoms with Crippen molar-refractivity contribution in [1.82, 2.24) is 0 Å². The van der Waals surface area contributed by atoms with E-state index in [9.17, 15) is 4.79 Å². The summed E-state index contributed by atoms with van der Waals surface area (Å²) in [5.74, 6) is -0.188. The van der Waals surface area contributed by atoms with Crippen LogP contribution in [0.2, 0.25) is 0 Å². The molecular formula is C31H62O14. The van der Waals surface area contributed by atoms with E-state index in [2.05, 4.69) is 0 Å². The molecule has 0 heterocycles. The molecule has 45 heavy (non-hydrogen) atoms. The van der Waals surface area contributed by atoms with E-state index < -0.39 is 0 Å². The summed E-state index contributed by atoms with van der Waals surface area (Å²) in [5, 5.41) is 0. The Morgan fingerprint density at radius 1 is 0.378 bits per heavy atom. The Balaban J connectivity index is 3.06.